The van der Waals surface area contributed by atoms with Crippen LogP contribution < -0.4 is 4.74 Å². The smallest absolute Gasteiger partial charge is 0.258 e. The minimum absolute atomic E-state index is 0.0203. The number of ether oxygens (including phenoxy) is 1. The van der Waals surface area contributed by atoms with Gasteiger partial charge in [0, 0.05) is 18.2 Å². The molecule has 0 saturated carbocycles. The molecule has 0 spiro atoms. The Labute approximate surface area is 109 Å². The number of amides is 1. The van der Waals surface area contributed by atoms with Crippen LogP contribution in [0.15, 0.2) is 12.1 Å². The number of carbonyl (C=O) groups is 1. The largest absolute Gasteiger partial charge is 0.497 e. The molecule has 1 aromatic carbocycles. The molecule has 1 amide bonds. The molecule has 0 aliphatic carbocycles. The van der Waals surface area contributed by atoms with E-state index in [4.69, 9.17) is 4.74 Å². The van der Waals surface area contributed by atoms with Gasteiger partial charge in [0.15, 0.2) is 0 Å². The molecule has 1 N–H and O–H groups in total. The van der Waals surface area contributed by atoms with Gasteiger partial charge in [-0.1, -0.05) is 0 Å². The Morgan fingerprint density at radius 3 is 2.84 bits per heavy atom. The van der Waals surface area contributed by atoms with Gasteiger partial charge in [0.25, 0.3) is 5.91 Å². The van der Waals surface area contributed by atoms with Crippen LogP contribution in [0.4, 0.5) is 4.39 Å². The first-order valence-corrected chi connectivity index (χ1v) is 5.75. The Kier molecular flexibility index (Phi) is 3.40. The molecular formula is C13H13FN2O3. The highest BCUT2D eigenvalue weighted by atomic mass is 19.1. The number of hydrogen-bond donors (Lipinski definition) is 1. The lowest BCUT2D eigenvalue weighted by molar-refractivity contribution is 0.0638. The summed E-state index contributed by atoms with van der Waals surface area (Å²) in [4.78, 5) is 13.3. The van der Waals surface area contributed by atoms with E-state index in [1.165, 1.54) is 20.1 Å². The Balaban J connectivity index is 2.53. The zero-order chi connectivity index (χ0) is 14.2. The second kappa shape index (κ2) is 4.86. The van der Waals surface area contributed by atoms with Crippen molar-refractivity contribution in [3.05, 3.63) is 29.1 Å². The third kappa shape index (κ3) is 2.13. The predicted octanol–water partition coefficient (Wildman–Crippen LogP) is 1.24. The zero-order valence-corrected chi connectivity index (χ0v) is 10.6. The first-order chi connectivity index (χ1) is 8.99. The van der Waals surface area contributed by atoms with Crippen molar-refractivity contribution in [1.82, 2.24) is 4.90 Å². The van der Waals surface area contributed by atoms with E-state index in [-0.39, 0.29) is 23.4 Å². The number of halogens is 1. The third-order valence-electron chi connectivity index (χ3n) is 2.99. The van der Waals surface area contributed by atoms with E-state index < -0.39 is 23.9 Å². The second-order valence-corrected chi connectivity index (χ2v) is 4.41. The molecule has 5 nitrogen and oxygen atoms in total. The van der Waals surface area contributed by atoms with Gasteiger partial charge in [-0.3, -0.25) is 4.79 Å². The number of β-amino-alcohol motifs (C(OH)–C–C–N with tert-alkyl or cyclic N) is 1. The molecule has 1 heterocycles. The van der Waals surface area contributed by atoms with Crippen molar-refractivity contribution in [1.29, 1.82) is 5.26 Å². The lowest BCUT2D eigenvalue weighted by atomic mass is 10.0. The SMILES string of the molecule is COc1cc(F)c2c(c1)C(C#N)N(CC(C)O)C2=O. The Morgan fingerprint density at radius 1 is 1.63 bits per heavy atom. The summed E-state index contributed by atoms with van der Waals surface area (Å²) in [6.07, 6.45) is -0.793. The summed E-state index contributed by atoms with van der Waals surface area (Å²) in [6, 6.07) is 3.64. The molecule has 100 valence electrons. The number of aliphatic hydroxyl groups is 1. The summed E-state index contributed by atoms with van der Waals surface area (Å²) in [5.41, 5.74) is 0.165. The van der Waals surface area contributed by atoms with Gasteiger partial charge in [-0.2, -0.15) is 5.26 Å². The number of rotatable bonds is 3. The van der Waals surface area contributed by atoms with E-state index in [1.807, 2.05) is 6.07 Å². The number of nitriles is 1. The molecule has 0 saturated heterocycles. The Hall–Kier alpha value is -2.13. The summed E-state index contributed by atoms with van der Waals surface area (Å²) in [5, 5.41) is 18.6. The Morgan fingerprint density at radius 2 is 2.32 bits per heavy atom. The van der Waals surface area contributed by atoms with Gasteiger partial charge in [0.1, 0.15) is 17.6 Å². The first kappa shape index (κ1) is 13.3. The van der Waals surface area contributed by atoms with E-state index >= 15 is 0 Å². The molecule has 1 aromatic rings. The molecule has 0 radical (unpaired) electrons. The number of aliphatic hydroxyl groups excluding tert-OH is 1. The molecule has 19 heavy (non-hydrogen) atoms. The first-order valence-electron chi connectivity index (χ1n) is 5.75. The highest BCUT2D eigenvalue weighted by molar-refractivity contribution is 6.00. The fraction of sp³-hybridized carbons (Fsp3) is 0.385. The average Bonchev–Trinajstić information content (AvgIpc) is 2.61. The quantitative estimate of drug-likeness (QED) is 0.891. The topological polar surface area (TPSA) is 73.6 Å². The van der Waals surface area contributed by atoms with Crippen molar-refractivity contribution in [2.24, 2.45) is 0 Å². The van der Waals surface area contributed by atoms with E-state index in [0.717, 1.165) is 11.0 Å². The molecule has 1 aliphatic heterocycles. The summed E-state index contributed by atoms with van der Waals surface area (Å²) in [7, 11) is 1.38. The number of fused-ring (bicyclic) bond motifs is 1. The maximum absolute atomic E-state index is 13.9. The van der Waals surface area contributed by atoms with E-state index in [9.17, 15) is 19.6 Å². The second-order valence-electron chi connectivity index (χ2n) is 4.41. The van der Waals surface area contributed by atoms with Crippen molar-refractivity contribution in [3.8, 4) is 11.8 Å². The highest BCUT2D eigenvalue weighted by Crippen LogP contribution is 2.37. The predicted molar refractivity (Wildman–Crippen MR) is 64.0 cm³/mol. The van der Waals surface area contributed by atoms with Crippen molar-refractivity contribution in [2.75, 3.05) is 13.7 Å². The van der Waals surface area contributed by atoms with Crippen LogP contribution in [0.1, 0.15) is 28.9 Å². The number of hydrogen-bond acceptors (Lipinski definition) is 4. The van der Waals surface area contributed by atoms with Gasteiger partial charge in [0.2, 0.25) is 0 Å². The molecule has 2 rings (SSSR count). The van der Waals surface area contributed by atoms with Gasteiger partial charge >= 0.3 is 0 Å². The van der Waals surface area contributed by atoms with Crippen LogP contribution in [0.2, 0.25) is 0 Å². The van der Waals surface area contributed by atoms with E-state index in [0.29, 0.717) is 0 Å². The highest BCUT2D eigenvalue weighted by Gasteiger charge is 2.40. The van der Waals surface area contributed by atoms with E-state index in [2.05, 4.69) is 0 Å². The van der Waals surface area contributed by atoms with Gasteiger partial charge in [-0.25, -0.2) is 4.39 Å². The third-order valence-corrected chi connectivity index (χ3v) is 2.99. The van der Waals surface area contributed by atoms with E-state index in [1.54, 1.807) is 0 Å². The van der Waals surface area contributed by atoms with Gasteiger partial charge in [0.05, 0.1) is 24.8 Å². The van der Waals surface area contributed by atoms with Crippen molar-refractivity contribution in [2.45, 2.75) is 19.1 Å². The summed E-state index contributed by atoms with van der Waals surface area (Å²) in [6.45, 7) is 1.48. The van der Waals surface area contributed by atoms with Crippen LogP contribution in [-0.4, -0.2) is 35.7 Å². The zero-order valence-electron chi connectivity index (χ0n) is 10.6. The molecule has 0 fully saturated rings. The van der Waals surface area contributed by atoms with Crippen LogP contribution >= 0.6 is 0 Å². The molecule has 0 bridgehead atoms. The monoisotopic (exact) mass is 264 g/mol. The molecule has 2 unspecified atom stereocenters. The van der Waals surface area contributed by atoms with Crippen molar-refractivity contribution >= 4 is 5.91 Å². The maximum atomic E-state index is 13.9. The molecular weight excluding hydrogens is 251 g/mol. The van der Waals surface area contributed by atoms with Gasteiger partial charge in [-0.15, -0.1) is 0 Å². The van der Waals surface area contributed by atoms with Crippen LogP contribution in [0, 0.1) is 17.1 Å². The number of benzene rings is 1. The fourth-order valence-corrected chi connectivity index (χ4v) is 2.20. The molecule has 6 heteroatoms. The van der Waals surface area contributed by atoms with Crippen LogP contribution in [-0.2, 0) is 0 Å². The standard InChI is InChI=1S/C13H13FN2O3/c1-7(17)6-16-11(5-15)9-3-8(19-2)4-10(14)12(9)13(16)18/h3-4,7,11,17H,6H2,1-2H3. The normalized spacial score (nSPS) is 19.0. The van der Waals surface area contributed by atoms with Crippen LogP contribution in [0.25, 0.3) is 0 Å². The minimum atomic E-state index is -0.901. The summed E-state index contributed by atoms with van der Waals surface area (Å²) < 4.78 is 18.8. The van der Waals surface area contributed by atoms with Crippen molar-refractivity contribution < 1.29 is 19.0 Å². The van der Waals surface area contributed by atoms with Gasteiger partial charge in [-0.05, 0) is 13.0 Å². The van der Waals surface area contributed by atoms with Crippen LogP contribution in [0.3, 0.4) is 0 Å². The molecule has 0 aromatic heterocycles. The Bertz CT molecular complexity index is 566. The maximum Gasteiger partial charge on any atom is 0.258 e. The summed E-state index contributed by atoms with van der Waals surface area (Å²) >= 11 is 0. The number of nitrogens with zero attached hydrogens (tertiary/aromatic N) is 2. The minimum Gasteiger partial charge on any atom is -0.497 e. The number of carbonyl (C=O) groups excluding carboxylic acids is 1. The lowest BCUT2D eigenvalue weighted by Crippen LogP contribution is -2.34. The fourth-order valence-electron chi connectivity index (χ4n) is 2.20. The average molecular weight is 264 g/mol. The molecule has 2 atom stereocenters. The lowest BCUT2D eigenvalue weighted by Gasteiger charge is -2.21. The van der Waals surface area contributed by atoms with Gasteiger partial charge < -0.3 is 14.7 Å². The van der Waals surface area contributed by atoms with Crippen molar-refractivity contribution in [3.63, 3.8) is 0 Å². The number of methoxy groups -OCH3 is 1. The van der Waals surface area contributed by atoms with Crippen LogP contribution in [0.5, 0.6) is 5.75 Å². The summed E-state index contributed by atoms with van der Waals surface area (Å²) in [5.74, 6) is -1.04. The molecule has 1 aliphatic rings.